The predicted octanol–water partition coefficient (Wildman–Crippen LogP) is 4.06. The number of rotatable bonds is 6. The lowest BCUT2D eigenvalue weighted by atomic mass is 9.85. The summed E-state index contributed by atoms with van der Waals surface area (Å²) < 4.78 is 27.6. The molecule has 2 aromatic rings. The van der Waals surface area contributed by atoms with Crippen LogP contribution in [0.5, 0.6) is 0 Å². The van der Waals surface area contributed by atoms with E-state index >= 15 is 0 Å². The van der Waals surface area contributed by atoms with Crippen LogP contribution >= 0.6 is 22.9 Å². The molecule has 8 heteroatoms. The van der Waals surface area contributed by atoms with Gasteiger partial charge < -0.3 is 5.32 Å². The zero-order valence-electron chi connectivity index (χ0n) is 16.0. The molecule has 28 heavy (non-hydrogen) atoms. The minimum Gasteiger partial charge on any atom is -0.352 e. The van der Waals surface area contributed by atoms with Crippen LogP contribution in [0.25, 0.3) is 0 Å². The number of amides is 1. The highest BCUT2D eigenvalue weighted by Crippen LogP contribution is 2.32. The SMILES string of the molecule is Cc1ccccc1CNC(=O)[C@@H](C)C1CCN(S(=O)(=O)c2ccc(Cl)s2)CC1. The Labute approximate surface area is 175 Å². The molecule has 1 amide bonds. The number of hydrogen-bond acceptors (Lipinski definition) is 4. The number of sulfonamides is 1. The van der Waals surface area contributed by atoms with E-state index in [0.717, 1.165) is 22.5 Å². The van der Waals surface area contributed by atoms with E-state index < -0.39 is 10.0 Å². The van der Waals surface area contributed by atoms with Crippen molar-refractivity contribution in [2.75, 3.05) is 13.1 Å². The molecule has 152 valence electrons. The molecule has 3 rings (SSSR count). The lowest BCUT2D eigenvalue weighted by Crippen LogP contribution is -2.42. The molecule has 1 aromatic heterocycles. The van der Waals surface area contributed by atoms with Gasteiger partial charge in [0, 0.05) is 25.6 Å². The molecule has 1 aliphatic heterocycles. The van der Waals surface area contributed by atoms with Crippen molar-refractivity contribution in [1.82, 2.24) is 9.62 Å². The van der Waals surface area contributed by atoms with Crippen molar-refractivity contribution in [3.8, 4) is 0 Å². The quantitative estimate of drug-likeness (QED) is 0.736. The zero-order valence-corrected chi connectivity index (χ0v) is 18.4. The number of piperidine rings is 1. The number of nitrogens with one attached hydrogen (secondary N) is 1. The van der Waals surface area contributed by atoms with Gasteiger partial charge in [-0.1, -0.05) is 42.8 Å². The monoisotopic (exact) mass is 440 g/mol. The molecule has 1 fully saturated rings. The molecular formula is C20H25ClN2O3S2. The minimum atomic E-state index is -3.49. The maximum Gasteiger partial charge on any atom is 0.252 e. The van der Waals surface area contributed by atoms with Gasteiger partial charge in [0.1, 0.15) is 4.21 Å². The molecule has 0 unspecified atom stereocenters. The van der Waals surface area contributed by atoms with Crippen molar-refractivity contribution in [3.05, 3.63) is 51.9 Å². The number of halogens is 1. The smallest absolute Gasteiger partial charge is 0.252 e. The third-order valence-corrected chi connectivity index (χ3v) is 9.07. The third kappa shape index (κ3) is 4.76. The first-order valence-electron chi connectivity index (χ1n) is 9.36. The van der Waals surface area contributed by atoms with Crippen molar-refractivity contribution < 1.29 is 13.2 Å². The number of hydrogen-bond donors (Lipinski definition) is 1. The van der Waals surface area contributed by atoms with Crippen LogP contribution in [0.2, 0.25) is 4.34 Å². The molecule has 1 N–H and O–H groups in total. The predicted molar refractivity (Wildman–Crippen MR) is 113 cm³/mol. The van der Waals surface area contributed by atoms with Crippen molar-refractivity contribution in [2.45, 2.75) is 37.4 Å². The summed E-state index contributed by atoms with van der Waals surface area (Å²) in [5.74, 6) is 0.0508. The van der Waals surface area contributed by atoms with Crippen LogP contribution in [0.1, 0.15) is 30.9 Å². The number of benzene rings is 1. The fraction of sp³-hybridized carbons (Fsp3) is 0.450. The largest absolute Gasteiger partial charge is 0.352 e. The van der Waals surface area contributed by atoms with Crippen molar-refractivity contribution in [2.24, 2.45) is 11.8 Å². The van der Waals surface area contributed by atoms with Crippen molar-refractivity contribution >= 4 is 38.9 Å². The van der Waals surface area contributed by atoms with Gasteiger partial charge in [-0.25, -0.2) is 8.42 Å². The van der Waals surface area contributed by atoms with Crippen LogP contribution in [-0.2, 0) is 21.4 Å². The molecule has 0 aliphatic carbocycles. The maximum atomic E-state index is 12.7. The highest BCUT2D eigenvalue weighted by atomic mass is 35.5. The second-order valence-electron chi connectivity index (χ2n) is 7.23. The normalized spacial score (nSPS) is 17.4. The summed E-state index contributed by atoms with van der Waals surface area (Å²) in [7, 11) is -3.49. The summed E-state index contributed by atoms with van der Waals surface area (Å²) in [5, 5.41) is 3.02. The Balaban J connectivity index is 1.54. The van der Waals surface area contributed by atoms with Crippen LogP contribution in [0.4, 0.5) is 0 Å². The number of nitrogens with zero attached hydrogens (tertiary/aromatic N) is 1. The molecular weight excluding hydrogens is 416 g/mol. The van der Waals surface area contributed by atoms with Crippen LogP contribution in [0.15, 0.2) is 40.6 Å². The van der Waals surface area contributed by atoms with E-state index in [2.05, 4.69) is 5.32 Å². The number of aryl methyl sites for hydroxylation is 1. The van der Waals surface area contributed by atoms with Gasteiger partial charge in [0.25, 0.3) is 10.0 Å². The molecule has 0 radical (unpaired) electrons. The zero-order chi connectivity index (χ0) is 20.3. The Kier molecular flexibility index (Phi) is 6.81. The van der Waals surface area contributed by atoms with Gasteiger partial charge in [-0.3, -0.25) is 4.79 Å². The highest BCUT2D eigenvalue weighted by molar-refractivity contribution is 7.91. The van der Waals surface area contributed by atoms with Crippen molar-refractivity contribution in [3.63, 3.8) is 0 Å². The number of carbonyl (C=O) groups excluding carboxylic acids is 1. The van der Waals surface area contributed by atoms with Gasteiger partial charge in [-0.05, 0) is 48.9 Å². The molecule has 1 aliphatic rings. The Morgan fingerprint density at radius 3 is 2.54 bits per heavy atom. The Bertz CT molecular complexity index is 934. The van der Waals surface area contributed by atoms with Crippen LogP contribution in [0, 0.1) is 18.8 Å². The first-order chi connectivity index (χ1) is 13.3. The molecule has 0 saturated carbocycles. The Morgan fingerprint density at radius 1 is 1.25 bits per heavy atom. The second-order valence-corrected chi connectivity index (χ2v) is 11.1. The van der Waals surface area contributed by atoms with Crippen LogP contribution in [0.3, 0.4) is 0 Å². The lowest BCUT2D eigenvalue weighted by Gasteiger charge is -2.33. The molecule has 0 spiro atoms. The summed E-state index contributed by atoms with van der Waals surface area (Å²) in [5.41, 5.74) is 2.27. The molecule has 1 aromatic carbocycles. The topological polar surface area (TPSA) is 66.5 Å². The third-order valence-electron chi connectivity index (χ3n) is 5.48. The standard InChI is InChI=1S/C20H25ClN2O3S2/c1-14-5-3-4-6-17(14)13-22-20(24)15(2)16-9-11-23(12-10-16)28(25,26)19-8-7-18(21)27-19/h3-8,15-16H,9-13H2,1-2H3,(H,22,24)/t15-/m0/s1. The van der Waals surface area contributed by atoms with E-state index in [1.807, 2.05) is 38.1 Å². The highest BCUT2D eigenvalue weighted by Gasteiger charge is 2.34. The Hall–Kier alpha value is -1.41. The average Bonchev–Trinajstić information content (AvgIpc) is 3.14. The Morgan fingerprint density at radius 2 is 1.93 bits per heavy atom. The summed E-state index contributed by atoms with van der Waals surface area (Å²) in [4.78, 5) is 12.6. The summed E-state index contributed by atoms with van der Waals surface area (Å²) >= 11 is 6.96. The first-order valence-corrected chi connectivity index (χ1v) is 12.0. The van der Waals surface area contributed by atoms with Crippen LogP contribution < -0.4 is 5.32 Å². The van der Waals surface area contributed by atoms with Gasteiger partial charge in [-0.2, -0.15) is 4.31 Å². The van der Waals surface area contributed by atoms with Crippen molar-refractivity contribution in [1.29, 1.82) is 0 Å². The van der Waals surface area contributed by atoms with Gasteiger partial charge in [0.2, 0.25) is 5.91 Å². The average molecular weight is 441 g/mol. The lowest BCUT2D eigenvalue weighted by molar-refractivity contribution is -0.126. The van der Waals surface area contributed by atoms with Gasteiger partial charge >= 0.3 is 0 Å². The summed E-state index contributed by atoms with van der Waals surface area (Å²) in [6.07, 6.45) is 1.36. The van der Waals surface area contributed by atoms with Gasteiger partial charge in [0.15, 0.2) is 0 Å². The summed E-state index contributed by atoms with van der Waals surface area (Å²) in [6, 6.07) is 11.1. The molecule has 5 nitrogen and oxygen atoms in total. The second kappa shape index (κ2) is 8.95. The molecule has 2 heterocycles. The first kappa shape index (κ1) is 21.3. The van der Waals surface area contributed by atoms with E-state index in [1.165, 1.54) is 4.31 Å². The maximum absolute atomic E-state index is 12.7. The summed E-state index contributed by atoms with van der Waals surface area (Å²) in [6.45, 7) is 5.33. The molecule has 1 atom stereocenters. The van der Waals surface area contributed by atoms with E-state index in [9.17, 15) is 13.2 Å². The van der Waals surface area contributed by atoms with Crippen LogP contribution in [-0.4, -0.2) is 31.7 Å². The van der Waals surface area contributed by atoms with E-state index in [0.29, 0.717) is 36.8 Å². The fourth-order valence-electron chi connectivity index (χ4n) is 3.55. The minimum absolute atomic E-state index is 0.0228. The van der Waals surface area contributed by atoms with E-state index in [-0.39, 0.29) is 22.0 Å². The molecule has 1 saturated heterocycles. The number of thiophene rings is 1. The van der Waals surface area contributed by atoms with Gasteiger partial charge in [0.05, 0.1) is 4.34 Å². The van der Waals surface area contributed by atoms with Gasteiger partial charge in [-0.15, -0.1) is 11.3 Å². The van der Waals surface area contributed by atoms with E-state index in [1.54, 1.807) is 12.1 Å². The fourth-order valence-corrected chi connectivity index (χ4v) is 6.65. The number of carbonyl (C=O) groups is 1. The van der Waals surface area contributed by atoms with E-state index in [4.69, 9.17) is 11.6 Å². The molecule has 0 bridgehead atoms.